The molecule has 0 spiro atoms. The van der Waals surface area contributed by atoms with Gasteiger partial charge < -0.3 is 34.3 Å². The second-order valence-electron chi connectivity index (χ2n) is 11.7. The molecule has 1 aromatic carbocycles. The molecule has 40 heavy (non-hydrogen) atoms. The normalized spacial score (nSPS) is 17.0. The molecule has 1 aliphatic rings. The maximum absolute atomic E-state index is 13.4. The summed E-state index contributed by atoms with van der Waals surface area (Å²) >= 11 is 0. The van der Waals surface area contributed by atoms with Gasteiger partial charge in [-0.3, -0.25) is 4.79 Å². The monoisotopic (exact) mass is 555 g/mol. The lowest BCUT2D eigenvalue weighted by Crippen LogP contribution is -2.51. The third kappa shape index (κ3) is 6.00. The van der Waals surface area contributed by atoms with Gasteiger partial charge in [-0.15, -0.1) is 0 Å². The van der Waals surface area contributed by atoms with E-state index in [1.165, 1.54) is 7.11 Å². The van der Waals surface area contributed by atoms with Gasteiger partial charge in [0.25, 0.3) is 0 Å². The zero-order valence-corrected chi connectivity index (χ0v) is 24.4. The number of carbonyl (C=O) groups is 2. The molecule has 3 heterocycles. The lowest BCUT2D eigenvalue weighted by molar-refractivity contribution is -0.146. The zero-order valence-electron chi connectivity index (χ0n) is 24.4. The van der Waals surface area contributed by atoms with Crippen LogP contribution in [0.5, 0.6) is 0 Å². The number of aromatic amines is 1. The second-order valence-corrected chi connectivity index (χ2v) is 11.7. The number of rotatable bonds is 10. The van der Waals surface area contributed by atoms with E-state index in [1.54, 1.807) is 31.1 Å². The number of nitrogens with one attached hydrogen (secondary N) is 2. The Morgan fingerprint density at radius 1 is 1.25 bits per heavy atom. The molecule has 218 valence electrons. The third-order valence-corrected chi connectivity index (χ3v) is 8.05. The Balaban J connectivity index is 1.53. The lowest BCUT2D eigenvalue weighted by Gasteiger charge is -2.37. The Bertz CT molecular complexity index is 1340. The van der Waals surface area contributed by atoms with Crippen molar-refractivity contribution < 1.29 is 28.7 Å². The number of hydrogen-bond acceptors (Lipinski definition) is 8. The number of fused-ring (bicyclic) bond motifs is 1. The van der Waals surface area contributed by atoms with Crippen LogP contribution in [0.15, 0.2) is 29.0 Å². The number of imidazole rings is 1. The van der Waals surface area contributed by atoms with Crippen molar-refractivity contribution in [3.8, 4) is 11.3 Å². The maximum atomic E-state index is 13.4. The molecule has 0 radical (unpaired) electrons. The molecular weight excluding hydrogens is 514 g/mol. The van der Waals surface area contributed by atoms with Gasteiger partial charge in [0.2, 0.25) is 5.91 Å². The van der Waals surface area contributed by atoms with Gasteiger partial charge in [0, 0.05) is 17.5 Å². The van der Waals surface area contributed by atoms with Crippen LogP contribution in [-0.4, -0.2) is 74.6 Å². The van der Waals surface area contributed by atoms with E-state index in [1.807, 2.05) is 39.8 Å². The minimum atomic E-state index is -0.977. The first kappa shape index (κ1) is 29.5. The summed E-state index contributed by atoms with van der Waals surface area (Å²) in [4.78, 5) is 35.1. The van der Waals surface area contributed by atoms with E-state index >= 15 is 0 Å². The first-order valence-electron chi connectivity index (χ1n) is 13.8. The predicted molar refractivity (Wildman–Crippen MR) is 149 cm³/mol. The number of aliphatic hydroxyl groups is 1. The van der Waals surface area contributed by atoms with Gasteiger partial charge in [-0.2, -0.15) is 0 Å². The fraction of sp³-hybridized carbons (Fsp3) is 0.586. The van der Waals surface area contributed by atoms with E-state index in [4.69, 9.17) is 14.0 Å². The highest BCUT2D eigenvalue weighted by molar-refractivity contribution is 5.93. The molecule has 0 unspecified atom stereocenters. The van der Waals surface area contributed by atoms with Crippen molar-refractivity contribution in [2.24, 2.45) is 5.92 Å². The molecule has 3 N–H and O–H groups in total. The fourth-order valence-electron chi connectivity index (χ4n) is 4.87. The van der Waals surface area contributed by atoms with Crippen molar-refractivity contribution in [3.63, 3.8) is 0 Å². The molecule has 4 rings (SSSR count). The Labute approximate surface area is 234 Å². The van der Waals surface area contributed by atoms with Crippen LogP contribution >= 0.6 is 0 Å². The summed E-state index contributed by atoms with van der Waals surface area (Å²) in [5.74, 6) is 0.420. The summed E-state index contributed by atoms with van der Waals surface area (Å²) in [6, 6.07) is 3.06. The van der Waals surface area contributed by atoms with Crippen molar-refractivity contribution in [2.45, 2.75) is 84.1 Å². The van der Waals surface area contributed by atoms with E-state index in [0.717, 1.165) is 35.0 Å². The minimum absolute atomic E-state index is 0.107. The fourth-order valence-corrected chi connectivity index (χ4v) is 4.87. The molecule has 0 saturated carbocycles. The standard InChI is InChI=1S/C29H41N5O6/c1-17(2)23(33-27(36)38-7)26(35)34-13-8-9-22(34)25-30-16-21(32-25)19-11-10-18(20-15-31-40-24(19)20)12-14-39-29(5,6)28(3,4)37/h10-11,15-17,22-23,37H,8-9,12-14H2,1-7H3,(H,30,32)(H,33,36)/t22-,23-/m0/s1. The van der Waals surface area contributed by atoms with E-state index in [0.29, 0.717) is 31.0 Å². The summed E-state index contributed by atoms with van der Waals surface area (Å²) in [5.41, 5.74) is 1.56. The molecule has 11 nitrogen and oxygen atoms in total. The number of aromatic nitrogens is 3. The van der Waals surface area contributed by atoms with Gasteiger partial charge >= 0.3 is 6.09 Å². The van der Waals surface area contributed by atoms with Crippen LogP contribution < -0.4 is 5.32 Å². The molecule has 11 heteroatoms. The van der Waals surface area contributed by atoms with Crippen molar-refractivity contribution in [1.29, 1.82) is 0 Å². The van der Waals surface area contributed by atoms with E-state index in [-0.39, 0.29) is 17.9 Å². The summed E-state index contributed by atoms with van der Waals surface area (Å²) in [6.45, 7) is 12.0. The summed E-state index contributed by atoms with van der Waals surface area (Å²) in [5, 5.41) is 18.0. The third-order valence-electron chi connectivity index (χ3n) is 8.05. The van der Waals surface area contributed by atoms with Gasteiger partial charge in [-0.1, -0.05) is 25.1 Å². The van der Waals surface area contributed by atoms with Gasteiger partial charge in [0.05, 0.1) is 49.0 Å². The number of alkyl carbamates (subject to hydrolysis) is 1. The molecule has 1 aliphatic heterocycles. The van der Waals surface area contributed by atoms with Crippen LogP contribution in [0.2, 0.25) is 0 Å². The van der Waals surface area contributed by atoms with Crippen LogP contribution in [0.3, 0.4) is 0 Å². The van der Waals surface area contributed by atoms with Gasteiger partial charge in [0.15, 0.2) is 5.58 Å². The summed E-state index contributed by atoms with van der Waals surface area (Å²) < 4.78 is 16.4. The highest BCUT2D eigenvalue weighted by Crippen LogP contribution is 2.35. The van der Waals surface area contributed by atoms with E-state index in [9.17, 15) is 14.7 Å². The number of hydrogen-bond donors (Lipinski definition) is 3. The highest BCUT2D eigenvalue weighted by atomic mass is 16.5. The average molecular weight is 556 g/mol. The van der Waals surface area contributed by atoms with E-state index < -0.39 is 23.3 Å². The lowest BCUT2D eigenvalue weighted by atomic mass is 9.89. The molecule has 1 fully saturated rings. The van der Waals surface area contributed by atoms with Crippen LogP contribution in [0.1, 0.15) is 71.8 Å². The van der Waals surface area contributed by atoms with Gasteiger partial charge in [0.1, 0.15) is 11.9 Å². The Kier molecular flexibility index (Phi) is 8.55. The Hall–Kier alpha value is -3.44. The largest absolute Gasteiger partial charge is 0.453 e. The zero-order chi connectivity index (χ0) is 29.2. The number of likely N-dealkylation sites (tertiary alicyclic amines) is 1. The summed E-state index contributed by atoms with van der Waals surface area (Å²) in [6.07, 6.45) is 5.04. The van der Waals surface area contributed by atoms with Crippen LogP contribution in [0.25, 0.3) is 22.2 Å². The second kappa shape index (κ2) is 11.6. The number of amides is 2. The molecule has 2 atom stereocenters. The van der Waals surface area contributed by atoms with Crippen molar-refractivity contribution >= 4 is 23.0 Å². The number of carbonyl (C=O) groups excluding carboxylic acids is 2. The van der Waals surface area contributed by atoms with Crippen LogP contribution in [0.4, 0.5) is 4.79 Å². The topological polar surface area (TPSA) is 143 Å². The maximum Gasteiger partial charge on any atom is 0.407 e. The highest BCUT2D eigenvalue weighted by Gasteiger charge is 2.38. The predicted octanol–water partition coefficient (Wildman–Crippen LogP) is 4.37. The first-order chi connectivity index (χ1) is 18.8. The van der Waals surface area contributed by atoms with Crippen LogP contribution in [0, 0.1) is 5.92 Å². The average Bonchev–Trinajstić information content (AvgIpc) is 3.66. The number of H-pyrrole nitrogens is 1. The Morgan fingerprint density at radius 3 is 2.67 bits per heavy atom. The quantitative estimate of drug-likeness (QED) is 0.335. The Morgan fingerprint density at radius 2 is 2.00 bits per heavy atom. The van der Waals surface area contributed by atoms with Crippen molar-refractivity contribution in [3.05, 3.63) is 35.9 Å². The molecule has 0 aliphatic carbocycles. The first-order valence-corrected chi connectivity index (χ1v) is 13.8. The molecule has 2 aromatic heterocycles. The molecule has 3 aromatic rings. The smallest absolute Gasteiger partial charge is 0.407 e. The molecule has 0 bridgehead atoms. The minimum Gasteiger partial charge on any atom is -0.453 e. The summed E-state index contributed by atoms with van der Waals surface area (Å²) in [7, 11) is 1.28. The van der Waals surface area contributed by atoms with Crippen molar-refractivity contribution in [1.82, 2.24) is 25.3 Å². The number of methoxy groups -OCH3 is 1. The number of nitrogens with zero attached hydrogens (tertiary/aromatic N) is 3. The van der Waals surface area contributed by atoms with Gasteiger partial charge in [-0.05, 0) is 64.5 Å². The SMILES string of the molecule is COC(=O)N[C@H](C(=O)N1CCC[C@H]1c1ncc(-c2ccc(CCOC(C)(C)C(C)(C)O)c3cnoc23)[nH]1)C(C)C. The van der Waals surface area contributed by atoms with E-state index in [2.05, 4.69) is 20.4 Å². The molecule has 2 amide bonds. The molecule has 1 saturated heterocycles. The van der Waals surface area contributed by atoms with Crippen LogP contribution in [-0.2, 0) is 20.7 Å². The molecular formula is C29H41N5O6. The van der Waals surface area contributed by atoms with Crippen molar-refractivity contribution in [2.75, 3.05) is 20.3 Å². The number of benzene rings is 1. The van der Waals surface area contributed by atoms with Gasteiger partial charge in [-0.25, -0.2) is 9.78 Å². The number of ether oxygens (including phenoxy) is 2.